The molecule has 0 aromatic heterocycles. The summed E-state index contributed by atoms with van der Waals surface area (Å²) in [5, 5.41) is 0. The maximum absolute atomic E-state index is 12.2. The van der Waals surface area contributed by atoms with Crippen molar-refractivity contribution in [3.8, 4) is 0 Å². The SMILES string of the molecule is CCCC1=C(OCc2ccc(C)cc2)CC2OC(=O)C=C(c3ccccc3)C2=C1. The summed E-state index contributed by atoms with van der Waals surface area (Å²) < 4.78 is 11.9. The van der Waals surface area contributed by atoms with Crippen LogP contribution in [0.4, 0.5) is 0 Å². The van der Waals surface area contributed by atoms with Gasteiger partial charge in [0.1, 0.15) is 18.5 Å². The number of hydrogen-bond donors (Lipinski definition) is 0. The minimum Gasteiger partial charge on any atom is -0.493 e. The standard InChI is InChI=1S/C26H26O3/c1-3-7-21-14-23-22(20-8-5-4-6-9-20)15-26(27)29-25(23)16-24(21)28-17-19-12-10-18(2)11-13-19/h4-6,8-15,25H,3,7,16-17H2,1-2H3. The lowest BCUT2D eigenvalue weighted by molar-refractivity contribution is -0.142. The number of benzene rings is 2. The number of rotatable bonds is 6. The Kier molecular flexibility index (Phi) is 5.66. The van der Waals surface area contributed by atoms with Crippen LogP contribution < -0.4 is 0 Å². The molecule has 3 heteroatoms. The molecule has 2 aromatic carbocycles. The molecule has 1 aliphatic carbocycles. The molecule has 1 heterocycles. The summed E-state index contributed by atoms with van der Waals surface area (Å²) >= 11 is 0. The number of carbonyl (C=O) groups is 1. The van der Waals surface area contributed by atoms with Crippen molar-refractivity contribution >= 4 is 11.5 Å². The van der Waals surface area contributed by atoms with Crippen molar-refractivity contribution in [2.45, 2.75) is 45.8 Å². The van der Waals surface area contributed by atoms with Gasteiger partial charge in [-0.05, 0) is 41.7 Å². The molecule has 1 unspecified atom stereocenters. The van der Waals surface area contributed by atoms with Gasteiger partial charge < -0.3 is 9.47 Å². The number of carbonyl (C=O) groups excluding carboxylic acids is 1. The number of ether oxygens (including phenoxy) is 2. The maximum atomic E-state index is 12.2. The molecular weight excluding hydrogens is 360 g/mol. The molecule has 0 saturated carbocycles. The first kappa shape index (κ1) is 19.3. The fourth-order valence-corrected chi connectivity index (χ4v) is 3.86. The Balaban J connectivity index is 1.64. The third kappa shape index (κ3) is 4.34. The van der Waals surface area contributed by atoms with E-state index in [-0.39, 0.29) is 12.1 Å². The summed E-state index contributed by atoms with van der Waals surface area (Å²) in [5.41, 5.74) is 6.64. The number of aryl methyl sites for hydroxylation is 1. The fraction of sp³-hybridized carbons (Fsp3) is 0.269. The Bertz CT molecular complexity index is 978. The molecule has 1 atom stereocenters. The minimum atomic E-state index is -0.295. The fourth-order valence-electron chi connectivity index (χ4n) is 3.86. The topological polar surface area (TPSA) is 35.5 Å². The quantitative estimate of drug-likeness (QED) is 0.579. The molecule has 0 N–H and O–H groups in total. The zero-order valence-corrected chi connectivity index (χ0v) is 17.0. The molecule has 0 amide bonds. The van der Waals surface area contributed by atoms with Crippen LogP contribution >= 0.6 is 0 Å². The van der Waals surface area contributed by atoms with Gasteiger partial charge in [0.15, 0.2) is 0 Å². The van der Waals surface area contributed by atoms with Crippen LogP contribution in [0.1, 0.15) is 42.9 Å². The van der Waals surface area contributed by atoms with E-state index in [1.807, 2.05) is 30.3 Å². The van der Waals surface area contributed by atoms with Crippen LogP contribution in [-0.4, -0.2) is 12.1 Å². The van der Waals surface area contributed by atoms with Crippen LogP contribution in [0.15, 0.2) is 83.7 Å². The molecule has 0 bridgehead atoms. The first-order valence-corrected chi connectivity index (χ1v) is 10.2. The van der Waals surface area contributed by atoms with Crippen LogP contribution in [0, 0.1) is 6.92 Å². The normalized spacial score (nSPS) is 18.6. The highest BCUT2D eigenvalue weighted by atomic mass is 16.5. The van der Waals surface area contributed by atoms with Crippen LogP contribution in [-0.2, 0) is 20.9 Å². The van der Waals surface area contributed by atoms with Crippen molar-refractivity contribution in [2.75, 3.05) is 0 Å². The molecule has 3 nitrogen and oxygen atoms in total. The lowest BCUT2D eigenvalue weighted by atomic mass is 9.84. The van der Waals surface area contributed by atoms with Crippen LogP contribution in [0.2, 0.25) is 0 Å². The monoisotopic (exact) mass is 386 g/mol. The van der Waals surface area contributed by atoms with Gasteiger partial charge in [-0.1, -0.05) is 73.5 Å². The zero-order chi connectivity index (χ0) is 20.2. The first-order valence-electron chi connectivity index (χ1n) is 10.2. The number of fused-ring (bicyclic) bond motifs is 1. The molecule has 0 fully saturated rings. The highest BCUT2D eigenvalue weighted by Crippen LogP contribution is 2.39. The Morgan fingerprint density at radius 3 is 2.52 bits per heavy atom. The van der Waals surface area contributed by atoms with Gasteiger partial charge in [0.25, 0.3) is 0 Å². The average Bonchev–Trinajstić information content (AvgIpc) is 2.74. The molecule has 2 aliphatic rings. The maximum Gasteiger partial charge on any atom is 0.332 e. The van der Waals surface area contributed by atoms with E-state index in [1.165, 1.54) is 11.1 Å². The summed E-state index contributed by atoms with van der Waals surface area (Å²) in [5.74, 6) is 0.645. The Morgan fingerprint density at radius 2 is 1.79 bits per heavy atom. The number of allylic oxidation sites excluding steroid dienone is 2. The van der Waals surface area contributed by atoms with Crippen molar-refractivity contribution in [1.29, 1.82) is 0 Å². The molecule has 4 rings (SSSR count). The first-order chi connectivity index (χ1) is 14.1. The second kappa shape index (κ2) is 8.52. The van der Waals surface area contributed by atoms with Gasteiger partial charge in [0.05, 0.1) is 0 Å². The molecular formula is C26H26O3. The molecule has 2 aromatic rings. The molecule has 1 aliphatic heterocycles. The lowest BCUT2D eigenvalue weighted by Crippen LogP contribution is -2.28. The van der Waals surface area contributed by atoms with Gasteiger partial charge in [-0.2, -0.15) is 0 Å². The van der Waals surface area contributed by atoms with E-state index >= 15 is 0 Å². The Hall–Kier alpha value is -3.07. The third-order valence-electron chi connectivity index (χ3n) is 5.37. The number of hydrogen-bond acceptors (Lipinski definition) is 3. The summed E-state index contributed by atoms with van der Waals surface area (Å²) in [6, 6.07) is 18.4. The summed E-state index contributed by atoms with van der Waals surface area (Å²) in [6.45, 7) is 4.77. The lowest BCUT2D eigenvalue weighted by Gasteiger charge is -2.32. The van der Waals surface area contributed by atoms with Crippen LogP contribution in [0.5, 0.6) is 0 Å². The highest BCUT2D eigenvalue weighted by Gasteiger charge is 2.33. The molecule has 148 valence electrons. The second-order valence-corrected chi connectivity index (χ2v) is 7.63. The predicted octanol–water partition coefficient (Wildman–Crippen LogP) is 5.90. The molecule has 0 radical (unpaired) electrons. The smallest absolute Gasteiger partial charge is 0.332 e. The van der Waals surface area contributed by atoms with E-state index in [0.717, 1.165) is 40.9 Å². The van der Waals surface area contributed by atoms with E-state index in [2.05, 4.69) is 44.2 Å². The van der Waals surface area contributed by atoms with Gasteiger partial charge in [0.2, 0.25) is 0 Å². The molecule has 29 heavy (non-hydrogen) atoms. The van der Waals surface area contributed by atoms with Crippen LogP contribution in [0.25, 0.3) is 5.57 Å². The van der Waals surface area contributed by atoms with Gasteiger partial charge in [-0.3, -0.25) is 0 Å². The van der Waals surface area contributed by atoms with Crippen molar-refractivity contribution in [3.05, 3.63) is 100 Å². The van der Waals surface area contributed by atoms with E-state index in [4.69, 9.17) is 9.47 Å². The van der Waals surface area contributed by atoms with Gasteiger partial charge in [0, 0.05) is 18.1 Å². The van der Waals surface area contributed by atoms with Crippen molar-refractivity contribution < 1.29 is 14.3 Å². The zero-order valence-electron chi connectivity index (χ0n) is 17.0. The summed E-state index contributed by atoms with van der Waals surface area (Å²) in [4.78, 5) is 12.2. The third-order valence-corrected chi connectivity index (χ3v) is 5.37. The largest absolute Gasteiger partial charge is 0.493 e. The highest BCUT2D eigenvalue weighted by molar-refractivity contribution is 5.99. The van der Waals surface area contributed by atoms with Gasteiger partial charge >= 0.3 is 5.97 Å². The van der Waals surface area contributed by atoms with Crippen molar-refractivity contribution in [1.82, 2.24) is 0 Å². The second-order valence-electron chi connectivity index (χ2n) is 7.63. The van der Waals surface area contributed by atoms with E-state index in [1.54, 1.807) is 6.08 Å². The Labute approximate surface area is 172 Å². The van der Waals surface area contributed by atoms with Crippen LogP contribution in [0.3, 0.4) is 0 Å². The average molecular weight is 386 g/mol. The Morgan fingerprint density at radius 1 is 1.03 bits per heavy atom. The van der Waals surface area contributed by atoms with Gasteiger partial charge in [-0.25, -0.2) is 4.79 Å². The van der Waals surface area contributed by atoms with E-state index in [9.17, 15) is 4.79 Å². The minimum absolute atomic E-state index is 0.289. The van der Waals surface area contributed by atoms with Gasteiger partial charge in [-0.15, -0.1) is 0 Å². The summed E-state index contributed by atoms with van der Waals surface area (Å²) in [6.07, 6.45) is 6.05. The van der Waals surface area contributed by atoms with E-state index < -0.39 is 0 Å². The van der Waals surface area contributed by atoms with Crippen molar-refractivity contribution in [3.63, 3.8) is 0 Å². The molecule has 0 spiro atoms. The predicted molar refractivity (Wildman–Crippen MR) is 115 cm³/mol. The van der Waals surface area contributed by atoms with E-state index in [0.29, 0.717) is 13.0 Å². The molecule has 0 saturated heterocycles. The summed E-state index contributed by atoms with van der Waals surface area (Å²) in [7, 11) is 0. The number of esters is 1. The van der Waals surface area contributed by atoms with Crippen molar-refractivity contribution in [2.24, 2.45) is 0 Å².